The summed E-state index contributed by atoms with van der Waals surface area (Å²) >= 11 is 0. The number of nitrogens with one attached hydrogen (secondary N) is 1. The molecule has 1 fully saturated rings. The van der Waals surface area contributed by atoms with Gasteiger partial charge < -0.3 is 14.8 Å². The SMILES string of the molecule is CCOC(=O)NC1CC(OCC)C1. The molecule has 76 valence electrons. The molecule has 0 bridgehead atoms. The lowest BCUT2D eigenvalue weighted by atomic mass is 9.89. The molecule has 0 unspecified atom stereocenters. The van der Waals surface area contributed by atoms with E-state index in [-0.39, 0.29) is 12.1 Å². The van der Waals surface area contributed by atoms with E-state index in [4.69, 9.17) is 9.47 Å². The summed E-state index contributed by atoms with van der Waals surface area (Å²) in [5.41, 5.74) is 0. The lowest BCUT2D eigenvalue weighted by Gasteiger charge is -2.34. The molecule has 0 radical (unpaired) electrons. The molecule has 0 atom stereocenters. The number of hydrogen-bond acceptors (Lipinski definition) is 3. The van der Waals surface area contributed by atoms with Crippen LogP contribution in [0.3, 0.4) is 0 Å². The lowest BCUT2D eigenvalue weighted by Crippen LogP contribution is -2.47. The average molecular weight is 187 g/mol. The van der Waals surface area contributed by atoms with Crippen molar-refractivity contribution in [3.05, 3.63) is 0 Å². The summed E-state index contributed by atoms with van der Waals surface area (Å²) < 4.78 is 10.1. The van der Waals surface area contributed by atoms with Crippen LogP contribution in [0.25, 0.3) is 0 Å². The Morgan fingerprint density at radius 2 is 2.08 bits per heavy atom. The second-order valence-corrected chi connectivity index (χ2v) is 3.11. The van der Waals surface area contributed by atoms with Gasteiger partial charge in [-0.3, -0.25) is 0 Å². The van der Waals surface area contributed by atoms with Crippen molar-refractivity contribution >= 4 is 6.09 Å². The molecule has 1 saturated carbocycles. The summed E-state index contributed by atoms with van der Waals surface area (Å²) in [7, 11) is 0. The Balaban J connectivity index is 2.04. The van der Waals surface area contributed by atoms with Crippen molar-refractivity contribution in [3.63, 3.8) is 0 Å². The third-order valence-electron chi connectivity index (χ3n) is 2.09. The van der Waals surface area contributed by atoms with Crippen LogP contribution in [0.5, 0.6) is 0 Å². The van der Waals surface area contributed by atoms with Crippen molar-refractivity contribution in [1.82, 2.24) is 5.32 Å². The van der Waals surface area contributed by atoms with Gasteiger partial charge in [-0.05, 0) is 26.7 Å². The van der Waals surface area contributed by atoms with E-state index in [0.29, 0.717) is 12.7 Å². The van der Waals surface area contributed by atoms with Crippen molar-refractivity contribution in [3.8, 4) is 0 Å². The Labute approximate surface area is 78.6 Å². The number of alkyl carbamates (subject to hydrolysis) is 1. The van der Waals surface area contributed by atoms with Crippen LogP contribution in [0.4, 0.5) is 4.79 Å². The summed E-state index contributed by atoms with van der Waals surface area (Å²) in [6.07, 6.45) is 1.83. The Morgan fingerprint density at radius 1 is 1.38 bits per heavy atom. The van der Waals surface area contributed by atoms with E-state index in [1.54, 1.807) is 6.92 Å². The Hall–Kier alpha value is -0.770. The standard InChI is InChI=1S/C9H17NO3/c1-3-12-8-5-7(6-8)10-9(11)13-4-2/h7-8H,3-6H2,1-2H3,(H,10,11). The highest BCUT2D eigenvalue weighted by atomic mass is 16.5. The highest BCUT2D eigenvalue weighted by molar-refractivity contribution is 5.67. The maximum absolute atomic E-state index is 10.9. The van der Waals surface area contributed by atoms with Gasteiger partial charge in [-0.25, -0.2) is 4.79 Å². The van der Waals surface area contributed by atoms with Gasteiger partial charge in [-0.15, -0.1) is 0 Å². The van der Waals surface area contributed by atoms with Crippen LogP contribution in [0, 0.1) is 0 Å². The zero-order valence-electron chi connectivity index (χ0n) is 8.21. The van der Waals surface area contributed by atoms with Gasteiger partial charge >= 0.3 is 6.09 Å². The number of carbonyl (C=O) groups is 1. The minimum Gasteiger partial charge on any atom is -0.450 e. The van der Waals surface area contributed by atoms with Crippen LogP contribution in [-0.4, -0.2) is 31.5 Å². The zero-order chi connectivity index (χ0) is 9.68. The fourth-order valence-electron chi connectivity index (χ4n) is 1.39. The predicted molar refractivity (Wildman–Crippen MR) is 48.6 cm³/mol. The molecule has 0 aromatic carbocycles. The first-order chi connectivity index (χ1) is 6.26. The molecule has 0 aliphatic heterocycles. The summed E-state index contributed by atoms with van der Waals surface area (Å²) in [6, 6.07) is 0.246. The number of rotatable bonds is 4. The Bertz CT molecular complexity index is 166. The fraction of sp³-hybridized carbons (Fsp3) is 0.889. The van der Waals surface area contributed by atoms with E-state index < -0.39 is 0 Å². The van der Waals surface area contributed by atoms with E-state index >= 15 is 0 Å². The maximum atomic E-state index is 10.9. The van der Waals surface area contributed by atoms with Crippen LogP contribution in [0.2, 0.25) is 0 Å². The summed E-state index contributed by atoms with van der Waals surface area (Å²) in [6.45, 7) is 4.94. The second kappa shape index (κ2) is 5.07. The van der Waals surface area contributed by atoms with E-state index in [1.165, 1.54) is 0 Å². The highest BCUT2D eigenvalue weighted by Gasteiger charge is 2.30. The number of carbonyl (C=O) groups excluding carboxylic acids is 1. The molecule has 0 heterocycles. The number of amides is 1. The van der Waals surface area contributed by atoms with Gasteiger partial charge in [-0.1, -0.05) is 0 Å². The molecule has 13 heavy (non-hydrogen) atoms. The third-order valence-corrected chi connectivity index (χ3v) is 2.09. The highest BCUT2D eigenvalue weighted by Crippen LogP contribution is 2.23. The van der Waals surface area contributed by atoms with Crippen LogP contribution in [0.15, 0.2) is 0 Å². The van der Waals surface area contributed by atoms with E-state index in [1.807, 2.05) is 6.92 Å². The van der Waals surface area contributed by atoms with Gasteiger partial charge in [0, 0.05) is 12.6 Å². The molecule has 0 saturated heterocycles. The molecule has 0 spiro atoms. The molecular formula is C9H17NO3. The minimum atomic E-state index is -0.317. The summed E-state index contributed by atoms with van der Waals surface area (Å²) in [5.74, 6) is 0. The van der Waals surface area contributed by atoms with Gasteiger partial charge in [0.2, 0.25) is 0 Å². The molecule has 4 heteroatoms. The minimum absolute atomic E-state index is 0.246. The van der Waals surface area contributed by atoms with E-state index in [9.17, 15) is 4.79 Å². The molecule has 1 N–H and O–H groups in total. The average Bonchev–Trinajstić information content (AvgIpc) is 2.01. The molecule has 4 nitrogen and oxygen atoms in total. The smallest absolute Gasteiger partial charge is 0.407 e. The van der Waals surface area contributed by atoms with Crippen molar-refractivity contribution < 1.29 is 14.3 Å². The van der Waals surface area contributed by atoms with Gasteiger partial charge in [0.1, 0.15) is 0 Å². The van der Waals surface area contributed by atoms with Gasteiger partial charge in [0.05, 0.1) is 12.7 Å². The number of ether oxygens (including phenoxy) is 2. The quantitative estimate of drug-likeness (QED) is 0.721. The van der Waals surface area contributed by atoms with Gasteiger partial charge in [0.25, 0.3) is 0 Å². The van der Waals surface area contributed by atoms with Crippen LogP contribution in [-0.2, 0) is 9.47 Å². The molecule has 0 aromatic heterocycles. The molecular weight excluding hydrogens is 170 g/mol. The summed E-state index contributed by atoms with van der Waals surface area (Å²) in [4.78, 5) is 10.9. The molecule has 1 rings (SSSR count). The molecule has 1 aliphatic rings. The topological polar surface area (TPSA) is 47.6 Å². The molecule has 0 aromatic rings. The maximum Gasteiger partial charge on any atom is 0.407 e. The van der Waals surface area contributed by atoms with Crippen LogP contribution >= 0.6 is 0 Å². The van der Waals surface area contributed by atoms with Crippen molar-refractivity contribution in [2.75, 3.05) is 13.2 Å². The largest absolute Gasteiger partial charge is 0.450 e. The van der Waals surface area contributed by atoms with Crippen LogP contribution in [0.1, 0.15) is 26.7 Å². The van der Waals surface area contributed by atoms with E-state index in [2.05, 4.69) is 5.32 Å². The second-order valence-electron chi connectivity index (χ2n) is 3.11. The van der Waals surface area contributed by atoms with Crippen molar-refractivity contribution in [2.24, 2.45) is 0 Å². The Morgan fingerprint density at radius 3 is 2.62 bits per heavy atom. The summed E-state index contributed by atoms with van der Waals surface area (Å²) in [5, 5.41) is 2.76. The zero-order valence-corrected chi connectivity index (χ0v) is 8.21. The lowest BCUT2D eigenvalue weighted by molar-refractivity contribution is -0.00954. The predicted octanol–water partition coefficient (Wildman–Crippen LogP) is 1.30. The van der Waals surface area contributed by atoms with Gasteiger partial charge in [-0.2, -0.15) is 0 Å². The first-order valence-electron chi connectivity index (χ1n) is 4.81. The third kappa shape index (κ3) is 3.22. The molecule has 1 amide bonds. The fourth-order valence-corrected chi connectivity index (χ4v) is 1.39. The monoisotopic (exact) mass is 187 g/mol. The van der Waals surface area contributed by atoms with Gasteiger partial charge in [0.15, 0.2) is 0 Å². The van der Waals surface area contributed by atoms with Crippen molar-refractivity contribution in [1.29, 1.82) is 0 Å². The van der Waals surface area contributed by atoms with Crippen molar-refractivity contribution in [2.45, 2.75) is 38.8 Å². The first kappa shape index (κ1) is 10.3. The first-order valence-corrected chi connectivity index (χ1v) is 4.81. The normalized spacial score (nSPS) is 26.3. The van der Waals surface area contributed by atoms with E-state index in [0.717, 1.165) is 19.4 Å². The van der Waals surface area contributed by atoms with Crippen LogP contribution < -0.4 is 5.32 Å². The molecule has 1 aliphatic carbocycles. The number of hydrogen-bond donors (Lipinski definition) is 1. The Kier molecular flexibility index (Phi) is 4.02.